The Balaban J connectivity index is 1.74. The Morgan fingerprint density at radius 3 is 3.00 bits per heavy atom. The molecule has 3 aromatic rings. The van der Waals surface area contributed by atoms with Crippen LogP contribution in [0.2, 0.25) is 0 Å². The first kappa shape index (κ1) is 14.8. The summed E-state index contributed by atoms with van der Waals surface area (Å²) in [6.07, 6.45) is 6.73. The second-order valence-corrected chi connectivity index (χ2v) is 6.55. The van der Waals surface area contributed by atoms with Crippen molar-refractivity contribution in [2.45, 2.75) is 25.7 Å². The molecule has 0 fully saturated rings. The van der Waals surface area contributed by atoms with Crippen molar-refractivity contribution in [3.63, 3.8) is 0 Å². The van der Waals surface area contributed by atoms with E-state index >= 15 is 0 Å². The number of thiophene rings is 1. The molecule has 0 N–H and O–H groups in total. The Morgan fingerprint density at radius 1 is 1.38 bits per heavy atom. The number of aryl methyl sites for hydroxylation is 2. The van der Waals surface area contributed by atoms with E-state index in [0.717, 1.165) is 40.8 Å². The van der Waals surface area contributed by atoms with Crippen molar-refractivity contribution in [3.8, 4) is 0 Å². The minimum atomic E-state index is -0.630. The zero-order valence-electron chi connectivity index (χ0n) is 12.5. The number of nitrogens with zero attached hydrogens (tertiary/aromatic N) is 4. The molecule has 0 aliphatic heterocycles. The second-order valence-electron chi connectivity index (χ2n) is 5.46. The minimum Gasteiger partial charge on any atom is -0.400 e. The summed E-state index contributed by atoms with van der Waals surface area (Å²) >= 11 is 1.57. The molecule has 0 bridgehead atoms. The maximum atomic E-state index is 12.7. The molecular formula is C15H12N4O4S. The minimum absolute atomic E-state index is 0.195. The summed E-state index contributed by atoms with van der Waals surface area (Å²) in [4.78, 5) is 28.9. The molecule has 3 aromatic heterocycles. The largest absolute Gasteiger partial charge is 0.433 e. The highest BCUT2D eigenvalue weighted by atomic mass is 32.1. The quantitative estimate of drug-likeness (QED) is 0.413. The number of nitro groups is 1. The SMILES string of the molecule is O=c1c2c3c(sc2ncn1/N=C\c1ccc([N+](=O)[O-])o1)CCCC3. The third kappa shape index (κ3) is 2.42. The number of hydrogen-bond acceptors (Lipinski definition) is 7. The topological polar surface area (TPSA) is 104 Å². The van der Waals surface area contributed by atoms with E-state index in [0.29, 0.717) is 5.39 Å². The van der Waals surface area contributed by atoms with Crippen LogP contribution in [0.15, 0.2) is 32.8 Å². The van der Waals surface area contributed by atoms with Gasteiger partial charge in [-0.05, 0) is 37.3 Å². The summed E-state index contributed by atoms with van der Waals surface area (Å²) in [5.41, 5.74) is 0.869. The molecule has 9 heteroatoms. The fraction of sp³-hybridized carbons (Fsp3) is 0.267. The molecule has 0 atom stereocenters. The zero-order chi connectivity index (χ0) is 16.7. The Bertz CT molecular complexity index is 1030. The monoisotopic (exact) mass is 344 g/mol. The summed E-state index contributed by atoms with van der Waals surface area (Å²) in [6.45, 7) is 0. The molecule has 0 spiro atoms. The van der Waals surface area contributed by atoms with E-state index in [1.165, 1.54) is 29.6 Å². The van der Waals surface area contributed by atoms with Crippen LogP contribution in [0.5, 0.6) is 0 Å². The first-order valence-electron chi connectivity index (χ1n) is 7.44. The molecule has 4 rings (SSSR count). The van der Waals surface area contributed by atoms with E-state index in [2.05, 4.69) is 10.1 Å². The number of aromatic nitrogens is 2. The Morgan fingerprint density at radius 2 is 2.21 bits per heavy atom. The maximum absolute atomic E-state index is 12.7. The van der Waals surface area contributed by atoms with E-state index in [1.54, 1.807) is 11.3 Å². The smallest absolute Gasteiger partial charge is 0.400 e. The lowest BCUT2D eigenvalue weighted by Gasteiger charge is -2.09. The van der Waals surface area contributed by atoms with Crippen LogP contribution < -0.4 is 5.56 Å². The fourth-order valence-corrected chi connectivity index (χ4v) is 4.07. The van der Waals surface area contributed by atoms with Crippen molar-refractivity contribution < 1.29 is 9.34 Å². The molecule has 0 unspecified atom stereocenters. The lowest BCUT2D eigenvalue weighted by atomic mass is 9.97. The average Bonchev–Trinajstić information content (AvgIpc) is 3.19. The van der Waals surface area contributed by atoms with E-state index in [9.17, 15) is 14.9 Å². The molecule has 3 heterocycles. The van der Waals surface area contributed by atoms with Gasteiger partial charge in [0.25, 0.3) is 5.56 Å². The fourth-order valence-electron chi connectivity index (χ4n) is 2.85. The van der Waals surface area contributed by atoms with Gasteiger partial charge in [0.1, 0.15) is 16.1 Å². The van der Waals surface area contributed by atoms with Gasteiger partial charge in [-0.15, -0.1) is 11.3 Å². The van der Waals surface area contributed by atoms with E-state index in [-0.39, 0.29) is 17.2 Å². The summed E-state index contributed by atoms with van der Waals surface area (Å²) in [7, 11) is 0. The highest BCUT2D eigenvalue weighted by Crippen LogP contribution is 2.33. The molecule has 0 amide bonds. The molecule has 122 valence electrons. The molecule has 1 aliphatic carbocycles. The van der Waals surface area contributed by atoms with Gasteiger partial charge in [0.05, 0.1) is 17.7 Å². The third-order valence-electron chi connectivity index (χ3n) is 3.96. The first-order valence-corrected chi connectivity index (χ1v) is 8.25. The maximum Gasteiger partial charge on any atom is 0.433 e. The van der Waals surface area contributed by atoms with E-state index < -0.39 is 4.92 Å². The number of rotatable bonds is 3. The number of fused-ring (bicyclic) bond motifs is 3. The average molecular weight is 344 g/mol. The molecule has 8 nitrogen and oxygen atoms in total. The van der Waals surface area contributed by atoms with Crippen LogP contribution in [0, 0.1) is 10.1 Å². The molecule has 1 aliphatic rings. The van der Waals surface area contributed by atoms with Gasteiger partial charge in [-0.2, -0.15) is 9.78 Å². The number of hydrogen-bond donors (Lipinski definition) is 0. The van der Waals surface area contributed by atoms with Gasteiger partial charge in [0, 0.05) is 4.88 Å². The van der Waals surface area contributed by atoms with Crippen molar-refractivity contribution >= 4 is 33.7 Å². The Labute approximate surface area is 139 Å². The van der Waals surface area contributed by atoms with Crippen LogP contribution in [-0.4, -0.2) is 20.8 Å². The van der Waals surface area contributed by atoms with Gasteiger partial charge < -0.3 is 4.42 Å². The molecule has 24 heavy (non-hydrogen) atoms. The standard InChI is InChI=1S/C15H12N4O4S/c20-15-13-10-3-1-2-4-11(10)24-14(13)16-8-18(15)17-7-9-5-6-12(23-9)19(21)22/h5-8H,1-4H2/b17-7-. The lowest BCUT2D eigenvalue weighted by molar-refractivity contribution is -0.402. The molecular weight excluding hydrogens is 332 g/mol. The first-order chi connectivity index (χ1) is 11.6. The van der Waals surface area contributed by atoms with Gasteiger partial charge in [-0.25, -0.2) is 4.98 Å². The van der Waals surface area contributed by atoms with Gasteiger partial charge in [-0.3, -0.25) is 14.9 Å². The summed E-state index contributed by atoms with van der Waals surface area (Å²) in [6, 6.07) is 2.66. The van der Waals surface area contributed by atoms with Crippen molar-refractivity contribution in [3.05, 3.63) is 55.1 Å². The van der Waals surface area contributed by atoms with Crippen LogP contribution >= 0.6 is 11.3 Å². The van der Waals surface area contributed by atoms with Crippen molar-refractivity contribution in [1.29, 1.82) is 0 Å². The summed E-state index contributed by atoms with van der Waals surface area (Å²) < 4.78 is 6.12. The van der Waals surface area contributed by atoms with Crippen molar-refractivity contribution in [1.82, 2.24) is 9.66 Å². The number of furan rings is 1. The van der Waals surface area contributed by atoms with E-state index in [4.69, 9.17) is 4.42 Å². The predicted molar refractivity (Wildman–Crippen MR) is 88.9 cm³/mol. The van der Waals surface area contributed by atoms with Crippen LogP contribution in [0.25, 0.3) is 10.2 Å². The van der Waals surface area contributed by atoms with Gasteiger partial charge in [0.15, 0.2) is 5.76 Å². The van der Waals surface area contributed by atoms with Crippen molar-refractivity contribution in [2.24, 2.45) is 5.10 Å². The molecule has 0 saturated heterocycles. The zero-order valence-corrected chi connectivity index (χ0v) is 13.3. The van der Waals surface area contributed by atoms with Crippen LogP contribution in [0.1, 0.15) is 29.0 Å². The van der Waals surface area contributed by atoms with Crippen LogP contribution in [-0.2, 0) is 12.8 Å². The normalized spacial score (nSPS) is 14.3. The van der Waals surface area contributed by atoms with Crippen LogP contribution in [0.4, 0.5) is 5.88 Å². The Hall–Kier alpha value is -2.81. The van der Waals surface area contributed by atoms with E-state index in [1.807, 2.05) is 0 Å². The van der Waals surface area contributed by atoms with Gasteiger partial charge in [-0.1, -0.05) is 0 Å². The second kappa shape index (κ2) is 5.68. The predicted octanol–water partition coefficient (Wildman–Crippen LogP) is 2.72. The lowest BCUT2D eigenvalue weighted by Crippen LogP contribution is -2.17. The highest BCUT2D eigenvalue weighted by molar-refractivity contribution is 7.18. The third-order valence-corrected chi connectivity index (χ3v) is 5.16. The molecule has 0 saturated carbocycles. The highest BCUT2D eigenvalue weighted by Gasteiger charge is 2.19. The Kier molecular flexibility index (Phi) is 3.49. The summed E-state index contributed by atoms with van der Waals surface area (Å²) in [5.74, 6) is -0.176. The molecule has 0 aromatic carbocycles. The molecule has 0 radical (unpaired) electrons. The van der Waals surface area contributed by atoms with Crippen LogP contribution in [0.3, 0.4) is 0 Å². The van der Waals surface area contributed by atoms with Gasteiger partial charge >= 0.3 is 5.88 Å². The van der Waals surface area contributed by atoms with Crippen molar-refractivity contribution in [2.75, 3.05) is 0 Å². The summed E-state index contributed by atoms with van der Waals surface area (Å²) in [5, 5.41) is 15.3. The van der Waals surface area contributed by atoms with Gasteiger partial charge in [0.2, 0.25) is 0 Å².